The van der Waals surface area contributed by atoms with Crippen LogP contribution < -0.4 is 0 Å². The number of carboxylic acids is 1. The van der Waals surface area contributed by atoms with E-state index >= 15 is 0 Å². The van der Waals surface area contributed by atoms with E-state index in [9.17, 15) is 14.9 Å². The van der Waals surface area contributed by atoms with Gasteiger partial charge in [0, 0.05) is 23.9 Å². The topological polar surface area (TPSA) is 96.2 Å². The summed E-state index contributed by atoms with van der Waals surface area (Å²) in [5, 5.41) is 19.6. The first-order valence-electron chi connectivity index (χ1n) is 5.17. The molecule has 0 aliphatic heterocycles. The number of hydrogen-bond acceptors (Lipinski definition) is 3. The molecule has 6 heteroatoms. The number of hydrogen-bond donors (Lipinski definition) is 2. The van der Waals surface area contributed by atoms with Crippen molar-refractivity contribution in [3.63, 3.8) is 0 Å². The zero-order chi connectivity index (χ0) is 13.3. The van der Waals surface area contributed by atoms with E-state index in [1.165, 1.54) is 12.1 Å². The molecule has 0 aliphatic rings. The van der Waals surface area contributed by atoms with Crippen molar-refractivity contribution < 1.29 is 14.8 Å². The Balaban J connectivity index is 2.52. The minimum atomic E-state index is -1.06. The average Bonchev–Trinajstić information content (AvgIpc) is 2.71. The van der Waals surface area contributed by atoms with Crippen LogP contribution in [0.5, 0.6) is 0 Å². The van der Waals surface area contributed by atoms with Gasteiger partial charge in [-0.15, -0.1) is 0 Å². The lowest BCUT2D eigenvalue weighted by Crippen LogP contribution is -1.99. The van der Waals surface area contributed by atoms with E-state index < -0.39 is 10.9 Å². The molecule has 18 heavy (non-hydrogen) atoms. The highest BCUT2D eigenvalue weighted by Gasteiger charge is 2.16. The highest BCUT2D eigenvalue weighted by atomic mass is 16.6. The van der Waals surface area contributed by atoms with Crippen LogP contribution in [0, 0.1) is 17.0 Å². The van der Waals surface area contributed by atoms with Gasteiger partial charge in [0.25, 0.3) is 5.69 Å². The molecule has 2 rings (SSSR count). The zero-order valence-corrected chi connectivity index (χ0v) is 9.51. The highest BCUT2D eigenvalue weighted by Crippen LogP contribution is 2.28. The van der Waals surface area contributed by atoms with E-state index in [1.807, 2.05) is 0 Å². The number of carbonyl (C=O) groups is 1. The maximum atomic E-state index is 11.0. The number of non-ortho nitro benzene ring substituents is 1. The minimum Gasteiger partial charge on any atom is -0.477 e. The van der Waals surface area contributed by atoms with Crippen molar-refractivity contribution in [2.75, 3.05) is 0 Å². The maximum absolute atomic E-state index is 11.0. The lowest BCUT2D eigenvalue weighted by molar-refractivity contribution is -0.384. The van der Waals surface area contributed by atoms with Gasteiger partial charge in [-0.1, -0.05) is 0 Å². The first kappa shape index (κ1) is 11.8. The van der Waals surface area contributed by atoms with Crippen LogP contribution in [0.15, 0.2) is 30.5 Å². The molecule has 0 saturated heterocycles. The molecule has 92 valence electrons. The molecule has 0 spiro atoms. The van der Waals surface area contributed by atoms with Crippen molar-refractivity contribution >= 4 is 11.7 Å². The number of aromatic carboxylic acids is 1. The van der Waals surface area contributed by atoms with Gasteiger partial charge >= 0.3 is 5.97 Å². The molecule has 0 bridgehead atoms. The van der Waals surface area contributed by atoms with Crippen molar-refractivity contribution in [1.29, 1.82) is 0 Å². The number of aromatic amines is 1. The first-order chi connectivity index (χ1) is 8.50. The van der Waals surface area contributed by atoms with Crippen molar-refractivity contribution in [3.05, 3.63) is 51.8 Å². The Kier molecular flexibility index (Phi) is 2.85. The second-order valence-electron chi connectivity index (χ2n) is 3.83. The standard InChI is InChI=1S/C12H10N2O4/c1-7-6-13-11(12(15)16)10(7)8-2-4-9(5-3-8)14(17)18/h2-6,13H,1H3,(H,15,16). The van der Waals surface area contributed by atoms with Gasteiger partial charge in [-0.2, -0.15) is 0 Å². The van der Waals surface area contributed by atoms with Crippen molar-refractivity contribution in [1.82, 2.24) is 4.98 Å². The van der Waals surface area contributed by atoms with Crippen LogP contribution in [0.4, 0.5) is 5.69 Å². The molecule has 0 aliphatic carbocycles. The molecule has 0 radical (unpaired) electrons. The Hall–Kier alpha value is -2.63. The highest BCUT2D eigenvalue weighted by molar-refractivity contribution is 5.95. The summed E-state index contributed by atoms with van der Waals surface area (Å²) >= 11 is 0. The van der Waals surface area contributed by atoms with Crippen molar-refractivity contribution in [3.8, 4) is 11.1 Å². The Morgan fingerprint density at radius 1 is 1.33 bits per heavy atom. The summed E-state index contributed by atoms with van der Waals surface area (Å²) < 4.78 is 0. The third-order valence-corrected chi connectivity index (χ3v) is 2.66. The van der Waals surface area contributed by atoms with Crippen molar-refractivity contribution in [2.45, 2.75) is 6.92 Å². The van der Waals surface area contributed by atoms with Gasteiger partial charge in [-0.05, 0) is 30.2 Å². The number of nitrogens with zero attached hydrogens (tertiary/aromatic N) is 1. The maximum Gasteiger partial charge on any atom is 0.352 e. The number of carboxylic acid groups (broad SMARTS) is 1. The number of nitrogens with one attached hydrogen (secondary N) is 1. The van der Waals surface area contributed by atoms with E-state index in [0.29, 0.717) is 11.1 Å². The van der Waals surface area contributed by atoms with Gasteiger partial charge in [-0.3, -0.25) is 10.1 Å². The van der Waals surface area contributed by atoms with Crippen molar-refractivity contribution in [2.24, 2.45) is 0 Å². The van der Waals surface area contributed by atoms with Crippen LogP contribution in [0.1, 0.15) is 16.1 Å². The fourth-order valence-electron chi connectivity index (χ4n) is 1.81. The van der Waals surface area contributed by atoms with Gasteiger partial charge in [-0.25, -0.2) is 4.79 Å². The molecular formula is C12H10N2O4. The van der Waals surface area contributed by atoms with Gasteiger partial charge in [0.1, 0.15) is 5.69 Å². The Labute approximate surface area is 102 Å². The second-order valence-corrected chi connectivity index (χ2v) is 3.83. The van der Waals surface area contributed by atoms with Crippen LogP contribution in [0.2, 0.25) is 0 Å². The summed E-state index contributed by atoms with van der Waals surface area (Å²) in [5.41, 5.74) is 2.03. The van der Waals surface area contributed by atoms with Crippen LogP contribution in [0.25, 0.3) is 11.1 Å². The van der Waals surface area contributed by atoms with Gasteiger partial charge in [0.2, 0.25) is 0 Å². The fraction of sp³-hybridized carbons (Fsp3) is 0.0833. The third-order valence-electron chi connectivity index (χ3n) is 2.66. The molecule has 0 atom stereocenters. The normalized spacial score (nSPS) is 10.3. The number of benzene rings is 1. The number of aromatic nitrogens is 1. The molecule has 2 N–H and O–H groups in total. The van der Waals surface area contributed by atoms with Crippen LogP contribution in [-0.2, 0) is 0 Å². The van der Waals surface area contributed by atoms with Crippen LogP contribution in [-0.4, -0.2) is 21.0 Å². The zero-order valence-electron chi connectivity index (χ0n) is 9.51. The van der Waals surface area contributed by atoms with E-state index in [-0.39, 0.29) is 11.4 Å². The SMILES string of the molecule is Cc1c[nH]c(C(=O)O)c1-c1ccc([N+](=O)[O-])cc1. The average molecular weight is 246 g/mol. The van der Waals surface area contributed by atoms with E-state index in [2.05, 4.69) is 4.98 Å². The van der Waals surface area contributed by atoms with E-state index in [0.717, 1.165) is 5.56 Å². The quantitative estimate of drug-likeness (QED) is 0.642. The fourth-order valence-corrected chi connectivity index (χ4v) is 1.81. The second kappa shape index (κ2) is 4.33. The molecule has 6 nitrogen and oxygen atoms in total. The summed E-state index contributed by atoms with van der Waals surface area (Å²) in [4.78, 5) is 23.8. The number of nitro groups is 1. The number of aryl methyl sites for hydroxylation is 1. The van der Waals surface area contributed by atoms with Gasteiger partial charge in [0.15, 0.2) is 0 Å². The van der Waals surface area contributed by atoms with E-state index in [4.69, 9.17) is 5.11 Å². The summed E-state index contributed by atoms with van der Waals surface area (Å²) in [6.45, 7) is 1.78. The van der Waals surface area contributed by atoms with Crippen LogP contribution >= 0.6 is 0 Å². The summed E-state index contributed by atoms with van der Waals surface area (Å²) in [6, 6.07) is 5.79. The molecule has 2 aromatic rings. The molecule has 0 amide bonds. The largest absolute Gasteiger partial charge is 0.477 e. The Bertz CT molecular complexity index is 614. The molecule has 1 aromatic carbocycles. The summed E-state index contributed by atoms with van der Waals surface area (Å²) in [7, 11) is 0. The summed E-state index contributed by atoms with van der Waals surface area (Å²) in [5.74, 6) is -1.06. The minimum absolute atomic E-state index is 0.0242. The molecule has 0 fully saturated rings. The van der Waals surface area contributed by atoms with Gasteiger partial charge in [0.05, 0.1) is 4.92 Å². The lowest BCUT2D eigenvalue weighted by atomic mass is 10.0. The number of nitro benzene ring substituents is 1. The number of H-pyrrole nitrogens is 1. The number of rotatable bonds is 3. The Morgan fingerprint density at radius 3 is 2.44 bits per heavy atom. The van der Waals surface area contributed by atoms with E-state index in [1.54, 1.807) is 25.3 Å². The molecule has 1 heterocycles. The van der Waals surface area contributed by atoms with Gasteiger partial charge < -0.3 is 10.1 Å². The van der Waals surface area contributed by atoms with Crippen LogP contribution in [0.3, 0.4) is 0 Å². The third kappa shape index (κ3) is 1.95. The molecular weight excluding hydrogens is 236 g/mol. The first-order valence-corrected chi connectivity index (χ1v) is 5.17. The molecule has 1 aromatic heterocycles. The monoisotopic (exact) mass is 246 g/mol. The summed E-state index contributed by atoms with van der Waals surface area (Å²) in [6.07, 6.45) is 1.60. The predicted octanol–water partition coefficient (Wildman–Crippen LogP) is 2.60. The Morgan fingerprint density at radius 2 is 1.94 bits per heavy atom. The predicted molar refractivity (Wildman–Crippen MR) is 64.6 cm³/mol. The lowest BCUT2D eigenvalue weighted by Gasteiger charge is -2.02. The molecule has 0 saturated carbocycles. The molecule has 0 unspecified atom stereocenters. The smallest absolute Gasteiger partial charge is 0.352 e.